The second-order valence-corrected chi connectivity index (χ2v) is 37.5. The summed E-state index contributed by atoms with van der Waals surface area (Å²) in [7, 11) is 0. The van der Waals surface area contributed by atoms with Crippen LogP contribution in [-0.4, -0.2) is 31.2 Å². The Bertz CT molecular complexity index is 6200. The van der Waals surface area contributed by atoms with Gasteiger partial charge < -0.3 is 43.8 Å². The van der Waals surface area contributed by atoms with Gasteiger partial charge >= 0.3 is 0 Å². The fraction of sp³-hybridized carbons (Fsp3) is 0.182. The molecule has 8 saturated carbocycles. The Morgan fingerprint density at radius 1 is 0.221 bits per heavy atom. The zero-order valence-corrected chi connectivity index (χ0v) is 68.1. The lowest BCUT2D eigenvalue weighted by Crippen LogP contribution is -2.69. The van der Waals surface area contributed by atoms with Crippen molar-refractivity contribution in [3.63, 3.8) is 0 Å². The molecule has 0 atom stereocenters. The number of anilines is 19. The third-order valence-corrected chi connectivity index (χ3v) is 30.5. The second-order valence-electron chi connectivity index (χ2n) is 37.5. The summed E-state index contributed by atoms with van der Waals surface area (Å²) in [6, 6.07) is 133. The summed E-state index contributed by atoms with van der Waals surface area (Å²) >= 11 is 0. The van der Waals surface area contributed by atoms with Gasteiger partial charge in [-0.2, -0.15) is 0 Å². The molecule has 8 bridgehead atoms. The molecule has 9 nitrogen and oxygen atoms in total. The Hall–Kier alpha value is -13.3. The van der Waals surface area contributed by atoms with Gasteiger partial charge in [0.1, 0.15) is 23.0 Å². The average molecular weight is 1570 g/mol. The molecule has 0 saturated heterocycles. The van der Waals surface area contributed by atoms with Gasteiger partial charge in [0.25, 0.3) is 20.1 Å². The fourth-order valence-corrected chi connectivity index (χ4v) is 26.9. The second kappa shape index (κ2) is 26.6. The molecule has 8 fully saturated rings. The van der Waals surface area contributed by atoms with E-state index < -0.39 is 0 Å². The maximum Gasteiger partial charge on any atom is 0.260 e. The van der Waals surface area contributed by atoms with Gasteiger partial charge in [-0.05, 0) is 290 Å². The van der Waals surface area contributed by atoms with E-state index >= 15 is 0 Å². The first-order valence-corrected chi connectivity index (χ1v) is 44.8. The van der Waals surface area contributed by atoms with Gasteiger partial charge in [0.15, 0.2) is 0 Å². The van der Waals surface area contributed by atoms with Crippen molar-refractivity contribution in [3.05, 3.63) is 352 Å². The SMILES string of the molecule is c1ccc(N(c2ccccc2)c2cc3c4c(c2)Oc2cc5c(cc2B4c2cc4c(cc2O3)N(C23CC6CC(CC(C6)C2)C3)c2cc(N(c3ccccc3)c3ccccc3)cc3c2B4c2ccccc2N3c2ccccc2)B2c3ccccc3N(c3ccccc3)c3cc(N(c4ccccc4)c4ccccc4)cc(c32)N5C23CC4CC(CC(C4)C2)C3)cc1. The van der Waals surface area contributed by atoms with Crippen molar-refractivity contribution in [2.75, 3.05) is 34.3 Å². The van der Waals surface area contributed by atoms with Gasteiger partial charge in [-0.1, -0.05) is 194 Å². The smallest absolute Gasteiger partial charge is 0.260 e. The molecule has 12 heteroatoms. The molecule has 29 rings (SSSR count). The number of para-hydroxylation sites is 10. The fourth-order valence-electron chi connectivity index (χ4n) is 26.9. The van der Waals surface area contributed by atoms with E-state index in [1.807, 2.05) is 0 Å². The van der Waals surface area contributed by atoms with E-state index in [4.69, 9.17) is 9.47 Å². The summed E-state index contributed by atoms with van der Waals surface area (Å²) in [6.07, 6.45) is 14.9. The number of ether oxygens (including phenoxy) is 2. The van der Waals surface area contributed by atoms with Crippen LogP contribution in [0.4, 0.5) is 108 Å². The van der Waals surface area contributed by atoms with Crippen LogP contribution >= 0.6 is 0 Å². The zero-order chi connectivity index (χ0) is 79.6. The number of benzene rings is 15. The lowest BCUT2D eigenvalue weighted by atomic mass is 9.29. The van der Waals surface area contributed by atoms with Crippen LogP contribution in [0.25, 0.3) is 0 Å². The van der Waals surface area contributed by atoms with Crippen LogP contribution in [0, 0.1) is 35.5 Å². The van der Waals surface area contributed by atoms with E-state index in [1.165, 1.54) is 128 Å². The Morgan fingerprint density at radius 2 is 0.492 bits per heavy atom. The molecular formula is C110H88B3N7O2. The van der Waals surface area contributed by atoms with Gasteiger partial charge in [0.05, 0.1) is 17.1 Å². The van der Waals surface area contributed by atoms with E-state index in [1.54, 1.807) is 0 Å². The lowest BCUT2D eigenvalue weighted by molar-refractivity contribution is 0.000486. The van der Waals surface area contributed by atoms with Crippen LogP contribution in [0.3, 0.4) is 0 Å². The first kappa shape index (κ1) is 69.5. The number of rotatable bonds is 13. The summed E-state index contributed by atoms with van der Waals surface area (Å²) in [5.74, 6) is 7.40. The van der Waals surface area contributed by atoms with Crippen molar-refractivity contribution < 1.29 is 9.47 Å². The summed E-state index contributed by atoms with van der Waals surface area (Å²) < 4.78 is 16.3. The quantitative estimate of drug-likeness (QED) is 0.105. The predicted octanol–water partition coefficient (Wildman–Crippen LogP) is 22.3. The molecule has 0 spiro atoms. The van der Waals surface area contributed by atoms with Crippen molar-refractivity contribution in [1.82, 2.24) is 0 Å². The highest BCUT2D eigenvalue weighted by Crippen LogP contribution is 2.64. The molecule has 0 radical (unpaired) electrons. The number of fused-ring (bicyclic) bond motifs is 12. The molecule has 0 unspecified atom stereocenters. The van der Waals surface area contributed by atoms with E-state index in [2.05, 4.69) is 386 Å². The van der Waals surface area contributed by atoms with Crippen LogP contribution in [0.1, 0.15) is 77.0 Å². The topological polar surface area (TPSA) is 41.1 Å². The van der Waals surface area contributed by atoms with Crippen molar-refractivity contribution in [1.29, 1.82) is 0 Å². The van der Waals surface area contributed by atoms with Gasteiger partial charge in [-0.25, -0.2) is 0 Å². The molecule has 122 heavy (non-hydrogen) atoms. The molecule has 15 aromatic rings. The first-order chi connectivity index (χ1) is 60.3. The minimum absolute atomic E-state index is 0.159. The minimum Gasteiger partial charge on any atom is -0.458 e. The van der Waals surface area contributed by atoms with Gasteiger partial charge in [0, 0.05) is 132 Å². The maximum absolute atomic E-state index is 8.16. The largest absolute Gasteiger partial charge is 0.458 e. The van der Waals surface area contributed by atoms with Crippen molar-refractivity contribution in [2.24, 2.45) is 35.5 Å². The van der Waals surface area contributed by atoms with Crippen LogP contribution in [0.2, 0.25) is 0 Å². The summed E-state index contributed by atoms with van der Waals surface area (Å²) in [5, 5.41) is 0. The third kappa shape index (κ3) is 10.4. The van der Waals surface area contributed by atoms with Gasteiger partial charge in [-0.3, -0.25) is 0 Å². The lowest BCUT2D eigenvalue weighted by Gasteiger charge is -2.62. The van der Waals surface area contributed by atoms with E-state index in [0.29, 0.717) is 35.5 Å². The van der Waals surface area contributed by atoms with Crippen molar-refractivity contribution in [2.45, 2.75) is 88.1 Å². The Balaban J connectivity index is 0.740. The number of nitrogens with zero attached hydrogens (tertiary/aromatic N) is 7. The molecule has 0 N–H and O–H groups in total. The van der Waals surface area contributed by atoms with Crippen LogP contribution < -0.4 is 92.9 Å². The molecular weight excluding hydrogens is 1480 g/mol. The monoisotopic (exact) mass is 1570 g/mol. The molecule has 15 aromatic carbocycles. The molecule has 6 heterocycles. The molecule has 14 aliphatic rings. The van der Waals surface area contributed by atoms with Gasteiger partial charge in [-0.15, -0.1) is 0 Å². The predicted molar refractivity (Wildman–Crippen MR) is 506 cm³/mol. The average Bonchev–Trinajstić information content (AvgIpc) is 0.678. The summed E-state index contributed by atoms with van der Waals surface area (Å²) in [5.41, 5.74) is 33.2. The molecule has 0 amide bonds. The molecule has 8 aliphatic carbocycles. The Morgan fingerprint density at radius 3 is 0.811 bits per heavy atom. The highest BCUT2D eigenvalue weighted by Gasteiger charge is 2.61. The summed E-state index contributed by atoms with van der Waals surface area (Å²) in [6.45, 7) is -0.635. The number of hydrogen-bond acceptors (Lipinski definition) is 9. The molecule has 6 aliphatic heterocycles. The van der Waals surface area contributed by atoms with Crippen LogP contribution in [0.15, 0.2) is 352 Å². The maximum atomic E-state index is 8.16. The van der Waals surface area contributed by atoms with Crippen LogP contribution in [0.5, 0.6) is 23.0 Å². The van der Waals surface area contributed by atoms with E-state index in [9.17, 15) is 0 Å². The van der Waals surface area contributed by atoms with Crippen LogP contribution in [-0.2, 0) is 0 Å². The van der Waals surface area contributed by atoms with E-state index in [-0.39, 0.29) is 31.2 Å². The highest BCUT2D eigenvalue weighted by molar-refractivity contribution is 7.03. The van der Waals surface area contributed by atoms with Crippen molar-refractivity contribution >= 4 is 177 Å². The molecule has 0 aromatic heterocycles. The Labute approximate surface area is 714 Å². The standard InChI is InChI=1S/C110H88B3N7O2/c1-9-29-77(30-10-1)114(78-31-11-2-12-32-78)85-55-98-106-100(57-85)119(109-65-71-49-72(66-109)51-73(50-71)67-109)96-63-102-92(61-90(96)111(106)88-45-25-27-47-94(88)117(98)83-41-21-7-22-42-83)113-93-62-91-97(64-103(93)122-105-60-87(59-104(121-102)108(105)113)116(81-37-17-5-18-38-81)82-39-19-6-20-40-82)120(110-68-74-52-75(69-110)54-76(53-74)70-110)101-58-86(115(79-33-13-3-14-34-79)80-35-15-4-16-36-80)56-99-107(101)112(91)89-46-26-28-48-95(89)118(99)84-43-23-8-24-44-84/h1-48,55-64,71-76H,49-54,65-70H2. The first-order valence-electron chi connectivity index (χ1n) is 44.8. The summed E-state index contributed by atoms with van der Waals surface area (Å²) in [4.78, 5) is 18.6. The highest BCUT2D eigenvalue weighted by atomic mass is 16.5. The number of hydrogen-bond donors (Lipinski definition) is 0. The minimum atomic E-state index is -0.318. The van der Waals surface area contributed by atoms with Gasteiger partial charge in [0.2, 0.25) is 0 Å². The normalized spacial score (nSPS) is 22.1. The van der Waals surface area contributed by atoms with E-state index in [0.717, 1.165) is 130 Å². The Kier molecular flexibility index (Phi) is 15.1. The zero-order valence-electron chi connectivity index (χ0n) is 68.1. The molecule has 584 valence electrons. The van der Waals surface area contributed by atoms with Crippen molar-refractivity contribution in [3.8, 4) is 23.0 Å². The third-order valence-electron chi connectivity index (χ3n) is 30.5.